The topological polar surface area (TPSA) is 101 Å². The number of hydrogen-bond donors (Lipinski definition) is 2. The third-order valence-electron chi connectivity index (χ3n) is 3.19. The quantitative estimate of drug-likeness (QED) is 0.688. The van der Waals surface area contributed by atoms with Crippen molar-refractivity contribution in [1.29, 1.82) is 0 Å². The Kier molecular flexibility index (Phi) is 5.16. The van der Waals surface area contributed by atoms with Crippen molar-refractivity contribution in [1.82, 2.24) is 4.72 Å². The highest BCUT2D eigenvalue weighted by molar-refractivity contribution is 7.95. The van der Waals surface area contributed by atoms with Crippen LogP contribution in [-0.2, 0) is 19.9 Å². The summed E-state index contributed by atoms with van der Waals surface area (Å²) in [7, 11) is -6.85. The molecular weight excluding hydrogens is 278 g/mol. The molecule has 0 radical (unpaired) electrons. The Labute approximate surface area is 109 Å². The zero-order valence-electron chi connectivity index (χ0n) is 10.7. The van der Waals surface area contributed by atoms with Crippen molar-refractivity contribution in [3.63, 3.8) is 0 Å². The van der Waals surface area contributed by atoms with Gasteiger partial charge in [-0.2, -0.15) is 0 Å². The molecule has 6 nitrogen and oxygen atoms in total. The average molecular weight is 299 g/mol. The number of aliphatic hydroxyl groups is 1. The maximum atomic E-state index is 12.1. The molecule has 8 heteroatoms. The highest BCUT2D eigenvalue weighted by Gasteiger charge is 2.38. The van der Waals surface area contributed by atoms with Crippen LogP contribution in [0.1, 0.15) is 26.7 Å². The maximum absolute atomic E-state index is 12.1. The molecule has 2 N–H and O–H groups in total. The predicted octanol–water partition coefficient (Wildman–Crippen LogP) is -0.500. The second-order valence-corrected chi connectivity index (χ2v) is 9.27. The van der Waals surface area contributed by atoms with Gasteiger partial charge in [0.1, 0.15) is 0 Å². The largest absolute Gasteiger partial charge is 0.396 e. The standard InChI is InChI=1S/C10H21NO5S2/c1-8(2)10(3-5-12)11-18(15,16)9-4-6-17(13,14)7-9/h8-12H,3-7H2,1-2H3. The second kappa shape index (κ2) is 5.85. The van der Waals surface area contributed by atoms with E-state index in [0.717, 1.165) is 0 Å². The van der Waals surface area contributed by atoms with Crippen molar-refractivity contribution in [3.05, 3.63) is 0 Å². The van der Waals surface area contributed by atoms with Gasteiger partial charge in [-0.25, -0.2) is 21.6 Å². The van der Waals surface area contributed by atoms with Gasteiger partial charge >= 0.3 is 0 Å². The van der Waals surface area contributed by atoms with Crippen LogP contribution in [0.2, 0.25) is 0 Å². The van der Waals surface area contributed by atoms with Crippen molar-refractivity contribution >= 4 is 19.9 Å². The molecule has 2 unspecified atom stereocenters. The fourth-order valence-electron chi connectivity index (χ4n) is 1.98. The fourth-order valence-corrected chi connectivity index (χ4v) is 6.44. The molecule has 0 bridgehead atoms. The lowest BCUT2D eigenvalue weighted by molar-refractivity contribution is 0.255. The summed E-state index contributed by atoms with van der Waals surface area (Å²) < 4.78 is 49.2. The minimum absolute atomic E-state index is 0.0462. The van der Waals surface area contributed by atoms with Gasteiger partial charge in [-0.1, -0.05) is 13.8 Å². The molecule has 0 aromatic rings. The molecule has 1 heterocycles. The molecule has 2 atom stereocenters. The smallest absolute Gasteiger partial charge is 0.215 e. The molecule has 0 spiro atoms. The van der Waals surface area contributed by atoms with Gasteiger partial charge in [0.15, 0.2) is 9.84 Å². The minimum atomic E-state index is -3.64. The number of nitrogens with one attached hydrogen (secondary N) is 1. The molecule has 0 amide bonds. The molecular formula is C10H21NO5S2. The maximum Gasteiger partial charge on any atom is 0.215 e. The van der Waals surface area contributed by atoms with Gasteiger partial charge in [0.05, 0.1) is 16.8 Å². The molecule has 0 saturated carbocycles. The first kappa shape index (κ1) is 15.9. The van der Waals surface area contributed by atoms with Crippen LogP contribution in [0.25, 0.3) is 0 Å². The third-order valence-corrected chi connectivity index (χ3v) is 7.08. The van der Waals surface area contributed by atoms with E-state index < -0.39 is 25.1 Å². The van der Waals surface area contributed by atoms with E-state index in [-0.39, 0.29) is 36.5 Å². The molecule has 18 heavy (non-hydrogen) atoms. The SMILES string of the molecule is CC(C)C(CCO)NS(=O)(=O)C1CCS(=O)(=O)C1. The molecule has 0 aliphatic carbocycles. The molecule has 0 aromatic heterocycles. The fraction of sp³-hybridized carbons (Fsp3) is 1.00. The average Bonchev–Trinajstić information content (AvgIpc) is 2.58. The van der Waals surface area contributed by atoms with E-state index in [1.165, 1.54) is 0 Å². The summed E-state index contributed by atoms with van der Waals surface area (Å²) in [6, 6.07) is -0.358. The predicted molar refractivity (Wildman–Crippen MR) is 69.4 cm³/mol. The van der Waals surface area contributed by atoms with E-state index in [4.69, 9.17) is 5.11 Å². The van der Waals surface area contributed by atoms with Crippen molar-refractivity contribution < 1.29 is 21.9 Å². The lowest BCUT2D eigenvalue weighted by Crippen LogP contribution is -2.44. The van der Waals surface area contributed by atoms with Crippen LogP contribution in [0, 0.1) is 5.92 Å². The summed E-state index contributed by atoms with van der Waals surface area (Å²) in [6.45, 7) is 3.61. The highest BCUT2D eigenvalue weighted by atomic mass is 32.2. The summed E-state index contributed by atoms with van der Waals surface area (Å²) in [5, 5.41) is 8.04. The normalized spacial score (nSPS) is 25.4. The summed E-state index contributed by atoms with van der Waals surface area (Å²) in [5.41, 5.74) is 0. The molecule has 0 aromatic carbocycles. The first-order chi connectivity index (χ1) is 8.18. The van der Waals surface area contributed by atoms with Crippen molar-refractivity contribution in [2.45, 2.75) is 38.0 Å². The third kappa shape index (κ3) is 4.18. The summed E-state index contributed by atoms with van der Waals surface area (Å²) in [6.07, 6.45) is 0.484. The number of rotatable bonds is 6. The minimum Gasteiger partial charge on any atom is -0.396 e. The van der Waals surface area contributed by atoms with E-state index in [1.54, 1.807) is 0 Å². The molecule has 108 valence electrons. The number of sulfone groups is 1. The van der Waals surface area contributed by atoms with Gasteiger partial charge < -0.3 is 5.11 Å². The Balaban J connectivity index is 2.75. The van der Waals surface area contributed by atoms with Gasteiger partial charge in [-0.15, -0.1) is 0 Å². The van der Waals surface area contributed by atoms with Gasteiger partial charge in [0.25, 0.3) is 0 Å². The first-order valence-electron chi connectivity index (χ1n) is 6.00. The Morgan fingerprint density at radius 3 is 2.39 bits per heavy atom. The monoisotopic (exact) mass is 299 g/mol. The Bertz CT molecular complexity index is 468. The van der Waals surface area contributed by atoms with Crippen molar-refractivity contribution in [3.8, 4) is 0 Å². The van der Waals surface area contributed by atoms with Crippen LogP contribution in [-0.4, -0.2) is 51.3 Å². The molecule has 1 aliphatic rings. The van der Waals surface area contributed by atoms with E-state index in [9.17, 15) is 16.8 Å². The Morgan fingerprint density at radius 1 is 1.39 bits per heavy atom. The molecule has 1 rings (SSSR count). The van der Waals surface area contributed by atoms with E-state index in [0.29, 0.717) is 6.42 Å². The second-order valence-electron chi connectivity index (χ2n) is 5.05. The van der Waals surface area contributed by atoms with Gasteiger partial charge in [-0.05, 0) is 18.8 Å². The molecule has 1 saturated heterocycles. The van der Waals surface area contributed by atoms with Crippen LogP contribution in [0.4, 0.5) is 0 Å². The highest BCUT2D eigenvalue weighted by Crippen LogP contribution is 2.19. The van der Waals surface area contributed by atoms with Crippen LogP contribution < -0.4 is 4.72 Å². The van der Waals surface area contributed by atoms with E-state index in [1.807, 2.05) is 13.8 Å². The first-order valence-corrected chi connectivity index (χ1v) is 9.37. The number of hydrogen-bond acceptors (Lipinski definition) is 5. The van der Waals surface area contributed by atoms with Gasteiger partial charge in [0, 0.05) is 12.6 Å². The molecule has 1 fully saturated rings. The van der Waals surface area contributed by atoms with Gasteiger partial charge in [0.2, 0.25) is 10.0 Å². The van der Waals surface area contributed by atoms with Gasteiger partial charge in [-0.3, -0.25) is 0 Å². The zero-order valence-corrected chi connectivity index (χ0v) is 12.3. The van der Waals surface area contributed by atoms with Crippen LogP contribution >= 0.6 is 0 Å². The summed E-state index contributed by atoms with van der Waals surface area (Å²) in [5.74, 6) is -0.318. The van der Waals surface area contributed by atoms with Crippen molar-refractivity contribution in [2.75, 3.05) is 18.1 Å². The summed E-state index contributed by atoms with van der Waals surface area (Å²) in [4.78, 5) is 0. The van der Waals surface area contributed by atoms with Crippen LogP contribution in [0.3, 0.4) is 0 Å². The lowest BCUT2D eigenvalue weighted by atomic mass is 10.0. The van der Waals surface area contributed by atoms with Crippen LogP contribution in [0.15, 0.2) is 0 Å². The van der Waals surface area contributed by atoms with Crippen LogP contribution in [0.5, 0.6) is 0 Å². The molecule has 1 aliphatic heterocycles. The Hall–Kier alpha value is -0.180. The number of sulfonamides is 1. The zero-order chi connectivity index (χ0) is 14.0. The number of aliphatic hydroxyl groups excluding tert-OH is 1. The van der Waals surface area contributed by atoms with E-state index >= 15 is 0 Å². The van der Waals surface area contributed by atoms with E-state index in [2.05, 4.69) is 4.72 Å². The van der Waals surface area contributed by atoms with Crippen molar-refractivity contribution in [2.24, 2.45) is 5.92 Å². The summed E-state index contributed by atoms with van der Waals surface area (Å²) >= 11 is 0. The Morgan fingerprint density at radius 2 is 2.00 bits per heavy atom. The lowest BCUT2D eigenvalue weighted by Gasteiger charge is -2.23.